The fourth-order valence-corrected chi connectivity index (χ4v) is 1.18. The van der Waals surface area contributed by atoms with Gasteiger partial charge in [-0.3, -0.25) is 4.79 Å². The van der Waals surface area contributed by atoms with Crippen LogP contribution >= 0.6 is 0 Å². The number of rotatable bonds is 2. The van der Waals surface area contributed by atoms with Gasteiger partial charge in [-0.1, -0.05) is 6.08 Å². The van der Waals surface area contributed by atoms with E-state index in [1.54, 1.807) is 14.0 Å². The second-order valence-corrected chi connectivity index (χ2v) is 2.54. The molecule has 1 rings (SSSR count). The lowest BCUT2D eigenvalue weighted by Gasteiger charge is -2.11. The van der Waals surface area contributed by atoms with Gasteiger partial charge in [0.2, 0.25) is 0 Å². The van der Waals surface area contributed by atoms with E-state index in [1.165, 1.54) is 0 Å². The van der Waals surface area contributed by atoms with Crippen LogP contribution in [0.15, 0.2) is 23.5 Å². The topological polar surface area (TPSA) is 26.3 Å². The van der Waals surface area contributed by atoms with Crippen LogP contribution in [0.3, 0.4) is 0 Å². The minimum Gasteiger partial charge on any atom is -0.496 e. The highest BCUT2D eigenvalue weighted by molar-refractivity contribution is 5.94. The monoisotopic (exact) mass is 152 g/mol. The number of ketones is 1. The van der Waals surface area contributed by atoms with Crippen LogP contribution in [-0.2, 0) is 9.53 Å². The molecule has 0 spiro atoms. The Morgan fingerprint density at radius 2 is 2.36 bits per heavy atom. The van der Waals surface area contributed by atoms with Crippen LogP contribution in [0.5, 0.6) is 0 Å². The van der Waals surface area contributed by atoms with Crippen LogP contribution in [0.4, 0.5) is 0 Å². The minimum atomic E-state index is 0.117. The first-order chi connectivity index (χ1) is 5.25. The predicted molar refractivity (Wildman–Crippen MR) is 43.1 cm³/mol. The summed E-state index contributed by atoms with van der Waals surface area (Å²) in [5, 5.41) is 0. The van der Waals surface area contributed by atoms with Crippen molar-refractivity contribution in [1.82, 2.24) is 0 Å². The number of hydrogen-bond acceptors (Lipinski definition) is 2. The van der Waals surface area contributed by atoms with E-state index in [0.29, 0.717) is 0 Å². The number of carbonyl (C=O) groups excluding carboxylic acids is 1. The zero-order valence-electron chi connectivity index (χ0n) is 6.89. The van der Waals surface area contributed by atoms with Crippen LogP contribution in [0.25, 0.3) is 0 Å². The molecule has 0 atom stereocenters. The van der Waals surface area contributed by atoms with Crippen LogP contribution in [0.2, 0.25) is 0 Å². The van der Waals surface area contributed by atoms with Gasteiger partial charge in [0.25, 0.3) is 0 Å². The maximum absolute atomic E-state index is 11.0. The Morgan fingerprint density at radius 1 is 1.64 bits per heavy atom. The molecule has 0 aliphatic heterocycles. The number of allylic oxidation sites excluding steroid dienone is 3. The summed E-state index contributed by atoms with van der Waals surface area (Å²) in [5.41, 5.74) is 0.815. The Bertz CT molecular complexity index is 224. The maximum Gasteiger partial charge on any atom is 0.159 e. The molecule has 0 heterocycles. The van der Waals surface area contributed by atoms with E-state index < -0.39 is 0 Å². The molecular formula is C9H12O2. The van der Waals surface area contributed by atoms with E-state index in [4.69, 9.17) is 4.74 Å². The summed E-state index contributed by atoms with van der Waals surface area (Å²) in [5.74, 6) is 0.843. The number of hydrogen-bond donors (Lipinski definition) is 0. The molecule has 2 heteroatoms. The molecule has 1 aliphatic carbocycles. The lowest BCUT2D eigenvalue weighted by molar-refractivity contribution is -0.114. The van der Waals surface area contributed by atoms with Crippen molar-refractivity contribution in [3.63, 3.8) is 0 Å². The summed E-state index contributed by atoms with van der Waals surface area (Å²) in [6.45, 7) is 1.58. The third kappa shape index (κ3) is 1.70. The van der Waals surface area contributed by atoms with Gasteiger partial charge in [0, 0.05) is 5.57 Å². The van der Waals surface area contributed by atoms with Gasteiger partial charge in [0.1, 0.15) is 5.76 Å². The number of ether oxygens (including phenoxy) is 1. The minimum absolute atomic E-state index is 0.117. The summed E-state index contributed by atoms with van der Waals surface area (Å²) in [7, 11) is 1.59. The molecule has 0 aromatic carbocycles. The Labute approximate surface area is 66.5 Å². The first kappa shape index (κ1) is 8.05. The summed E-state index contributed by atoms with van der Waals surface area (Å²) in [4.78, 5) is 11.0. The third-order valence-corrected chi connectivity index (χ3v) is 1.77. The highest BCUT2D eigenvalue weighted by Crippen LogP contribution is 2.19. The van der Waals surface area contributed by atoms with Crippen molar-refractivity contribution >= 4 is 5.78 Å². The zero-order valence-corrected chi connectivity index (χ0v) is 6.89. The molecule has 0 fully saturated rings. The molecule has 2 nitrogen and oxygen atoms in total. The summed E-state index contributed by atoms with van der Waals surface area (Å²) < 4.78 is 5.04. The van der Waals surface area contributed by atoms with E-state index in [9.17, 15) is 4.79 Å². The van der Waals surface area contributed by atoms with E-state index in [0.717, 1.165) is 24.2 Å². The first-order valence-corrected chi connectivity index (χ1v) is 3.70. The Morgan fingerprint density at radius 3 is 2.82 bits per heavy atom. The second-order valence-electron chi connectivity index (χ2n) is 2.54. The molecule has 0 aromatic heterocycles. The van der Waals surface area contributed by atoms with E-state index in [2.05, 4.69) is 0 Å². The average molecular weight is 152 g/mol. The standard InChI is InChI=1S/C9H12O2/c1-7(10)8-5-3-4-6-9(8)11-2/h4,6H,3,5H2,1-2H3. The Balaban J connectivity index is 2.91. The van der Waals surface area contributed by atoms with Crippen LogP contribution in [0.1, 0.15) is 19.8 Å². The molecule has 11 heavy (non-hydrogen) atoms. The van der Waals surface area contributed by atoms with Crippen LogP contribution in [0, 0.1) is 0 Å². The van der Waals surface area contributed by atoms with Crippen molar-refractivity contribution in [3.8, 4) is 0 Å². The van der Waals surface area contributed by atoms with Gasteiger partial charge in [-0.2, -0.15) is 0 Å². The largest absolute Gasteiger partial charge is 0.496 e. The predicted octanol–water partition coefficient (Wildman–Crippen LogP) is 1.83. The first-order valence-electron chi connectivity index (χ1n) is 3.70. The highest BCUT2D eigenvalue weighted by atomic mass is 16.5. The lowest BCUT2D eigenvalue weighted by atomic mass is 10.0. The summed E-state index contributed by atoms with van der Waals surface area (Å²) >= 11 is 0. The molecule has 0 amide bonds. The van der Waals surface area contributed by atoms with Gasteiger partial charge in [-0.05, 0) is 25.8 Å². The Kier molecular flexibility index (Phi) is 2.47. The normalized spacial score (nSPS) is 16.9. The fourth-order valence-electron chi connectivity index (χ4n) is 1.18. The van der Waals surface area contributed by atoms with Gasteiger partial charge in [0.15, 0.2) is 5.78 Å². The van der Waals surface area contributed by atoms with E-state index in [-0.39, 0.29) is 5.78 Å². The number of carbonyl (C=O) groups is 1. The average Bonchev–Trinajstić information content (AvgIpc) is 2.04. The van der Waals surface area contributed by atoms with Crippen molar-refractivity contribution in [1.29, 1.82) is 0 Å². The van der Waals surface area contributed by atoms with E-state index in [1.807, 2.05) is 12.2 Å². The summed E-state index contributed by atoms with van der Waals surface area (Å²) in [6.07, 6.45) is 5.64. The molecule has 1 aliphatic rings. The molecule has 0 N–H and O–H groups in total. The van der Waals surface area contributed by atoms with Gasteiger partial charge in [0.05, 0.1) is 7.11 Å². The molecule has 0 radical (unpaired) electrons. The number of Topliss-reactive ketones (excluding diaryl/α,β-unsaturated/α-hetero) is 1. The molecule has 0 saturated heterocycles. The van der Waals surface area contributed by atoms with Crippen LogP contribution < -0.4 is 0 Å². The molecule has 0 bridgehead atoms. The Hall–Kier alpha value is -1.05. The van der Waals surface area contributed by atoms with Crippen molar-refractivity contribution in [2.45, 2.75) is 19.8 Å². The highest BCUT2D eigenvalue weighted by Gasteiger charge is 2.12. The van der Waals surface area contributed by atoms with Gasteiger partial charge in [-0.15, -0.1) is 0 Å². The van der Waals surface area contributed by atoms with Gasteiger partial charge in [-0.25, -0.2) is 0 Å². The molecule has 60 valence electrons. The van der Waals surface area contributed by atoms with Crippen LogP contribution in [-0.4, -0.2) is 12.9 Å². The molecule has 0 aromatic rings. The van der Waals surface area contributed by atoms with Crippen molar-refractivity contribution < 1.29 is 9.53 Å². The quantitative estimate of drug-likeness (QED) is 0.603. The van der Waals surface area contributed by atoms with E-state index >= 15 is 0 Å². The second kappa shape index (κ2) is 3.37. The zero-order chi connectivity index (χ0) is 8.27. The van der Waals surface area contributed by atoms with Gasteiger partial charge < -0.3 is 4.74 Å². The van der Waals surface area contributed by atoms with Crippen molar-refractivity contribution in [2.75, 3.05) is 7.11 Å². The number of methoxy groups -OCH3 is 1. The lowest BCUT2D eigenvalue weighted by Crippen LogP contribution is -2.04. The maximum atomic E-state index is 11.0. The van der Waals surface area contributed by atoms with Crippen molar-refractivity contribution in [2.24, 2.45) is 0 Å². The SMILES string of the molecule is COC1=C(C(C)=O)CCC=C1. The summed E-state index contributed by atoms with van der Waals surface area (Å²) in [6, 6.07) is 0. The third-order valence-electron chi connectivity index (χ3n) is 1.77. The molecular weight excluding hydrogens is 140 g/mol. The van der Waals surface area contributed by atoms with Crippen molar-refractivity contribution in [3.05, 3.63) is 23.5 Å². The van der Waals surface area contributed by atoms with Gasteiger partial charge >= 0.3 is 0 Å². The molecule has 0 unspecified atom stereocenters. The molecule has 0 saturated carbocycles. The smallest absolute Gasteiger partial charge is 0.159 e. The fraction of sp³-hybridized carbons (Fsp3) is 0.444.